The average molecular weight is 590 g/mol. The molecule has 204 valence electrons. The number of fused-ring (bicyclic) bond motifs is 1. The number of pyridine rings is 1. The van der Waals surface area contributed by atoms with Crippen LogP contribution in [0.4, 0.5) is 23.2 Å². The number of benzene rings is 2. The van der Waals surface area contributed by atoms with Gasteiger partial charge < -0.3 is 15.8 Å². The molecule has 14 heteroatoms. The fraction of sp³-hybridized carbons (Fsp3) is 0.0769. The fourth-order valence-electron chi connectivity index (χ4n) is 3.87. The summed E-state index contributed by atoms with van der Waals surface area (Å²) >= 11 is 6.47. The Hall–Kier alpha value is -4.49. The van der Waals surface area contributed by atoms with E-state index < -0.39 is 29.5 Å². The molecule has 0 fully saturated rings. The minimum Gasteiger partial charge on any atom is -0.471 e. The van der Waals surface area contributed by atoms with Crippen LogP contribution in [-0.2, 0) is 12.9 Å². The number of nitrogens with zero attached hydrogens (tertiary/aromatic N) is 3. The van der Waals surface area contributed by atoms with E-state index in [1.807, 2.05) is 0 Å². The van der Waals surface area contributed by atoms with E-state index in [0.29, 0.717) is 22.1 Å². The smallest absolute Gasteiger partial charge is 0.433 e. The van der Waals surface area contributed by atoms with Gasteiger partial charge in [0.2, 0.25) is 0 Å². The fourth-order valence-corrected chi connectivity index (χ4v) is 5.00. The third kappa shape index (κ3) is 5.46. The lowest BCUT2D eigenvalue weighted by molar-refractivity contribution is -0.140. The first-order valence-electron chi connectivity index (χ1n) is 11.3. The number of nitrogens with two attached hydrogens (primary N) is 1. The maximum absolute atomic E-state index is 13.7. The number of primary amides is 1. The minimum absolute atomic E-state index is 0.0203. The minimum atomic E-state index is -4.82. The molecule has 0 unspecified atom stereocenters. The quantitative estimate of drug-likeness (QED) is 0.215. The number of nitrogens with one attached hydrogen (secondary N) is 1. The molecule has 0 aliphatic heterocycles. The van der Waals surface area contributed by atoms with E-state index in [2.05, 4.69) is 15.4 Å². The molecule has 3 N–H and O–H groups in total. The van der Waals surface area contributed by atoms with Crippen LogP contribution in [0.15, 0.2) is 66.9 Å². The second kappa shape index (κ2) is 10.6. The van der Waals surface area contributed by atoms with Crippen molar-refractivity contribution >= 4 is 50.7 Å². The van der Waals surface area contributed by atoms with Crippen LogP contribution < -0.4 is 15.8 Å². The van der Waals surface area contributed by atoms with Crippen molar-refractivity contribution in [3.63, 3.8) is 0 Å². The summed E-state index contributed by atoms with van der Waals surface area (Å²) in [6, 6.07) is 13.4. The molecule has 0 saturated carbocycles. The van der Waals surface area contributed by atoms with Crippen LogP contribution in [0.2, 0.25) is 5.02 Å². The van der Waals surface area contributed by atoms with Crippen molar-refractivity contribution in [1.82, 2.24) is 14.8 Å². The molecule has 3 aromatic heterocycles. The molecule has 3 heterocycles. The predicted molar refractivity (Wildman–Crippen MR) is 141 cm³/mol. The summed E-state index contributed by atoms with van der Waals surface area (Å²) in [6.45, 7) is -0.165. The number of amides is 2. The van der Waals surface area contributed by atoms with Gasteiger partial charge >= 0.3 is 6.18 Å². The number of anilines is 1. The molecule has 0 aliphatic rings. The Morgan fingerprint density at radius 1 is 1.07 bits per heavy atom. The van der Waals surface area contributed by atoms with E-state index >= 15 is 0 Å². The molecular weight excluding hydrogens is 574 g/mol. The lowest BCUT2D eigenvalue weighted by Crippen LogP contribution is -2.21. The van der Waals surface area contributed by atoms with E-state index in [0.717, 1.165) is 18.2 Å². The number of hydrogen-bond acceptors (Lipinski definition) is 6. The van der Waals surface area contributed by atoms with Crippen molar-refractivity contribution in [2.75, 3.05) is 5.32 Å². The monoisotopic (exact) mass is 589 g/mol. The third-order valence-electron chi connectivity index (χ3n) is 5.69. The molecule has 0 atom stereocenters. The van der Waals surface area contributed by atoms with Crippen LogP contribution >= 0.6 is 22.9 Å². The molecule has 0 radical (unpaired) electrons. The van der Waals surface area contributed by atoms with Crippen molar-refractivity contribution < 1.29 is 31.9 Å². The second-order valence-electron chi connectivity index (χ2n) is 8.31. The molecule has 0 aliphatic carbocycles. The summed E-state index contributed by atoms with van der Waals surface area (Å²) in [4.78, 5) is 28.9. The standard InChI is InChI=1S/C26H16ClF4N5O3S/c27-14-3-7-16(8-4-14)39-12-36-18(9-10-33-36)24(38)35-21-20-17(13-1-5-15(28)6-2-13)11-19(26(29,30)31)34-25(20)40-22(21)23(32)37/h1-11H,12H2,(H2,32,37)(H,35,38). The highest BCUT2D eigenvalue weighted by molar-refractivity contribution is 7.21. The molecule has 0 bridgehead atoms. The van der Waals surface area contributed by atoms with Gasteiger partial charge in [0, 0.05) is 16.6 Å². The third-order valence-corrected chi connectivity index (χ3v) is 7.04. The van der Waals surface area contributed by atoms with Crippen molar-refractivity contribution in [2.24, 2.45) is 5.73 Å². The van der Waals surface area contributed by atoms with Crippen LogP contribution in [0.1, 0.15) is 25.9 Å². The van der Waals surface area contributed by atoms with Crippen molar-refractivity contribution in [3.8, 4) is 16.9 Å². The Morgan fingerprint density at radius 3 is 2.42 bits per heavy atom. The Morgan fingerprint density at radius 2 is 1.77 bits per heavy atom. The summed E-state index contributed by atoms with van der Waals surface area (Å²) in [7, 11) is 0. The van der Waals surface area contributed by atoms with E-state index in [4.69, 9.17) is 22.1 Å². The van der Waals surface area contributed by atoms with Crippen LogP contribution in [0.25, 0.3) is 21.3 Å². The van der Waals surface area contributed by atoms with Gasteiger partial charge in [-0.25, -0.2) is 14.1 Å². The average Bonchev–Trinajstić information content (AvgIpc) is 3.53. The number of thiophene rings is 1. The first-order valence-corrected chi connectivity index (χ1v) is 12.5. The van der Waals surface area contributed by atoms with Gasteiger partial charge in [0.05, 0.1) is 5.69 Å². The van der Waals surface area contributed by atoms with Crippen molar-refractivity contribution in [2.45, 2.75) is 12.9 Å². The highest BCUT2D eigenvalue weighted by Gasteiger charge is 2.35. The number of carbonyl (C=O) groups is 2. The van der Waals surface area contributed by atoms with Gasteiger partial charge in [-0.15, -0.1) is 11.3 Å². The van der Waals surface area contributed by atoms with Gasteiger partial charge in [-0.05, 0) is 59.7 Å². The largest absolute Gasteiger partial charge is 0.471 e. The number of aromatic nitrogens is 3. The molecule has 0 saturated heterocycles. The first-order chi connectivity index (χ1) is 19.0. The zero-order valence-corrected chi connectivity index (χ0v) is 21.6. The number of hydrogen-bond donors (Lipinski definition) is 2. The van der Waals surface area contributed by atoms with E-state index in [1.54, 1.807) is 24.3 Å². The Labute approximate surface area is 232 Å². The summed E-state index contributed by atoms with van der Waals surface area (Å²) in [5.41, 5.74) is 4.35. The zero-order valence-electron chi connectivity index (χ0n) is 20.0. The maximum Gasteiger partial charge on any atom is 0.433 e. The summed E-state index contributed by atoms with van der Waals surface area (Å²) in [6.07, 6.45) is -3.47. The molecule has 0 spiro atoms. The van der Waals surface area contributed by atoms with Gasteiger partial charge in [-0.3, -0.25) is 9.59 Å². The maximum atomic E-state index is 13.7. The molecular formula is C26H16ClF4N5O3S. The SMILES string of the molecule is NC(=O)c1sc2nc(C(F)(F)F)cc(-c3ccc(F)cc3)c2c1NC(=O)c1ccnn1COc1ccc(Cl)cc1. The lowest BCUT2D eigenvalue weighted by atomic mass is 10.0. The van der Waals surface area contributed by atoms with E-state index in [1.165, 1.54) is 29.1 Å². The van der Waals surface area contributed by atoms with Crippen LogP contribution in [0.5, 0.6) is 5.75 Å². The highest BCUT2D eigenvalue weighted by atomic mass is 35.5. The molecule has 40 heavy (non-hydrogen) atoms. The Balaban J connectivity index is 1.57. The van der Waals surface area contributed by atoms with Gasteiger partial charge in [-0.2, -0.15) is 18.3 Å². The molecule has 2 amide bonds. The van der Waals surface area contributed by atoms with Gasteiger partial charge in [0.25, 0.3) is 11.8 Å². The summed E-state index contributed by atoms with van der Waals surface area (Å²) < 4.78 is 61.5. The van der Waals surface area contributed by atoms with Crippen molar-refractivity contribution in [1.29, 1.82) is 0 Å². The van der Waals surface area contributed by atoms with Gasteiger partial charge in [0.15, 0.2) is 6.73 Å². The summed E-state index contributed by atoms with van der Waals surface area (Å²) in [5.74, 6) is -1.88. The Bertz CT molecular complexity index is 1730. The number of rotatable bonds is 7. The van der Waals surface area contributed by atoms with E-state index in [9.17, 15) is 27.2 Å². The Kier molecular flexibility index (Phi) is 7.17. The highest BCUT2D eigenvalue weighted by Crippen LogP contribution is 2.43. The lowest BCUT2D eigenvalue weighted by Gasteiger charge is -2.13. The van der Waals surface area contributed by atoms with Crippen molar-refractivity contribution in [3.05, 3.63) is 94.0 Å². The second-order valence-corrected chi connectivity index (χ2v) is 9.74. The first kappa shape index (κ1) is 27.1. The van der Waals surface area contributed by atoms with Crippen LogP contribution in [0.3, 0.4) is 0 Å². The van der Waals surface area contributed by atoms with Gasteiger partial charge in [0.1, 0.15) is 32.7 Å². The molecule has 2 aromatic carbocycles. The molecule has 5 aromatic rings. The van der Waals surface area contributed by atoms with E-state index in [-0.39, 0.29) is 44.3 Å². The van der Waals surface area contributed by atoms with Gasteiger partial charge in [-0.1, -0.05) is 23.7 Å². The van der Waals surface area contributed by atoms with Crippen LogP contribution in [0, 0.1) is 5.82 Å². The topological polar surface area (TPSA) is 112 Å². The normalized spacial score (nSPS) is 11.5. The van der Waals surface area contributed by atoms with Crippen LogP contribution in [-0.4, -0.2) is 26.6 Å². The molecule has 8 nitrogen and oxygen atoms in total. The molecule has 5 rings (SSSR count). The zero-order chi connectivity index (χ0) is 28.6. The summed E-state index contributed by atoms with van der Waals surface area (Å²) in [5, 5.41) is 7.21. The number of halogens is 5. The predicted octanol–water partition coefficient (Wildman–Crippen LogP) is 6.36. The number of alkyl halides is 3. The number of carbonyl (C=O) groups excluding carboxylic acids is 2. The number of ether oxygens (including phenoxy) is 1.